The molecule has 0 aromatic heterocycles. The van der Waals surface area contributed by atoms with Crippen LogP contribution in [0.1, 0.15) is 16.7 Å². The zero-order valence-corrected chi connectivity index (χ0v) is 12.9. The Kier molecular flexibility index (Phi) is 4.94. The number of nitrogens with two attached hydrogens (primary N) is 1. The van der Waals surface area contributed by atoms with Crippen LogP contribution in [-0.4, -0.2) is 11.0 Å². The standard InChI is InChI=1S/C15H15Cl2N3O/c1-9-2-5-14(13(17)6-9)19-8-11-4-3-10(7-12(11)16)15(18)20-21/h2-7,19,21H,8H2,1H3,(H2,18,20). The summed E-state index contributed by atoms with van der Waals surface area (Å²) in [5.74, 6) is 0.0259. The summed E-state index contributed by atoms with van der Waals surface area (Å²) in [6.07, 6.45) is 0. The van der Waals surface area contributed by atoms with Crippen LogP contribution in [0.5, 0.6) is 0 Å². The topological polar surface area (TPSA) is 70.6 Å². The SMILES string of the molecule is Cc1ccc(NCc2ccc(/C(N)=N/O)cc2Cl)c(Cl)c1. The predicted octanol–water partition coefficient (Wildman–Crippen LogP) is 4.01. The van der Waals surface area contributed by atoms with Gasteiger partial charge in [-0.15, -0.1) is 0 Å². The minimum Gasteiger partial charge on any atom is -0.409 e. The van der Waals surface area contributed by atoms with E-state index in [2.05, 4.69) is 10.5 Å². The Bertz CT molecular complexity index is 687. The first-order valence-electron chi connectivity index (χ1n) is 6.27. The largest absolute Gasteiger partial charge is 0.409 e. The summed E-state index contributed by atoms with van der Waals surface area (Å²) >= 11 is 12.4. The molecule has 0 radical (unpaired) electrons. The maximum absolute atomic E-state index is 8.65. The van der Waals surface area contributed by atoms with Crippen molar-refractivity contribution < 1.29 is 5.21 Å². The minimum absolute atomic E-state index is 0.0259. The van der Waals surface area contributed by atoms with Crippen molar-refractivity contribution in [3.05, 3.63) is 63.1 Å². The molecule has 0 aliphatic carbocycles. The van der Waals surface area contributed by atoms with Crippen molar-refractivity contribution >= 4 is 34.7 Å². The van der Waals surface area contributed by atoms with Gasteiger partial charge in [-0.3, -0.25) is 0 Å². The fraction of sp³-hybridized carbons (Fsp3) is 0.133. The van der Waals surface area contributed by atoms with Gasteiger partial charge in [-0.05, 0) is 36.2 Å². The molecule has 2 aromatic carbocycles. The fourth-order valence-electron chi connectivity index (χ4n) is 1.86. The van der Waals surface area contributed by atoms with Crippen molar-refractivity contribution in [1.82, 2.24) is 0 Å². The van der Waals surface area contributed by atoms with E-state index in [0.29, 0.717) is 22.2 Å². The van der Waals surface area contributed by atoms with E-state index in [1.54, 1.807) is 12.1 Å². The second kappa shape index (κ2) is 6.70. The molecule has 0 saturated heterocycles. The van der Waals surface area contributed by atoms with Gasteiger partial charge in [-0.25, -0.2) is 0 Å². The average Bonchev–Trinajstić information content (AvgIpc) is 2.46. The van der Waals surface area contributed by atoms with Gasteiger partial charge in [0.05, 0.1) is 10.7 Å². The first-order valence-corrected chi connectivity index (χ1v) is 7.03. The Labute approximate surface area is 133 Å². The van der Waals surface area contributed by atoms with Gasteiger partial charge >= 0.3 is 0 Å². The number of halogens is 2. The molecule has 6 heteroatoms. The predicted molar refractivity (Wildman–Crippen MR) is 87.5 cm³/mol. The molecule has 2 aromatic rings. The fourth-order valence-corrected chi connectivity index (χ4v) is 2.41. The summed E-state index contributed by atoms with van der Waals surface area (Å²) in [5.41, 5.74) is 8.93. The van der Waals surface area contributed by atoms with Crippen LogP contribution in [-0.2, 0) is 6.54 Å². The molecule has 0 aliphatic heterocycles. The molecule has 0 unspecified atom stereocenters. The average molecular weight is 324 g/mol. The smallest absolute Gasteiger partial charge is 0.170 e. The Morgan fingerprint density at radius 2 is 1.95 bits per heavy atom. The van der Waals surface area contributed by atoms with Gasteiger partial charge in [-0.1, -0.05) is 46.6 Å². The van der Waals surface area contributed by atoms with Crippen molar-refractivity contribution in [3.8, 4) is 0 Å². The number of amidine groups is 1. The zero-order valence-electron chi connectivity index (χ0n) is 11.4. The first kappa shape index (κ1) is 15.5. The molecule has 0 atom stereocenters. The third-order valence-corrected chi connectivity index (χ3v) is 3.72. The zero-order chi connectivity index (χ0) is 15.4. The van der Waals surface area contributed by atoms with Crippen molar-refractivity contribution in [3.63, 3.8) is 0 Å². The van der Waals surface area contributed by atoms with Crippen molar-refractivity contribution in [2.24, 2.45) is 10.9 Å². The molecule has 2 rings (SSSR count). The maximum atomic E-state index is 8.65. The quantitative estimate of drug-likeness (QED) is 0.344. The maximum Gasteiger partial charge on any atom is 0.170 e. The lowest BCUT2D eigenvalue weighted by Crippen LogP contribution is -2.13. The van der Waals surface area contributed by atoms with E-state index in [-0.39, 0.29) is 5.84 Å². The van der Waals surface area contributed by atoms with E-state index < -0.39 is 0 Å². The summed E-state index contributed by atoms with van der Waals surface area (Å²) in [6, 6.07) is 11.0. The Hall–Kier alpha value is -1.91. The van der Waals surface area contributed by atoms with Crippen LogP contribution < -0.4 is 11.1 Å². The van der Waals surface area contributed by atoms with E-state index >= 15 is 0 Å². The lowest BCUT2D eigenvalue weighted by Gasteiger charge is -2.11. The Morgan fingerprint density at radius 1 is 1.19 bits per heavy atom. The summed E-state index contributed by atoms with van der Waals surface area (Å²) < 4.78 is 0. The molecule has 0 amide bonds. The highest BCUT2D eigenvalue weighted by Gasteiger charge is 2.06. The van der Waals surface area contributed by atoms with Crippen molar-refractivity contribution in [1.29, 1.82) is 0 Å². The number of aryl methyl sites for hydroxylation is 1. The lowest BCUT2D eigenvalue weighted by atomic mass is 10.1. The number of benzene rings is 2. The number of hydrogen-bond acceptors (Lipinski definition) is 3. The van der Waals surface area contributed by atoms with Crippen LogP contribution in [0.2, 0.25) is 10.0 Å². The molecule has 0 bridgehead atoms. The van der Waals surface area contributed by atoms with E-state index in [1.807, 2.05) is 31.2 Å². The van der Waals surface area contributed by atoms with Gasteiger partial charge in [0.25, 0.3) is 0 Å². The van der Waals surface area contributed by atoms with Crippen LogP contribution >= 0.6 is 23.2 Å². The lowest BCUT2D eigenvalue weighted by molar-refractivity contribution is 0.318. The summed E-state index contributed by atoms with van der Waals surface area (Å²) in [5, 5.41) is 16.0. The van der Waals surface area contributed by atoms with Crippen LogP contribution in [0.15, 0.2) is 41.6 Å². The van der Waals surface area contributed by atoms with E-state index in [9.17, 15) is 0 Å². The van der Waals surface area contributed by atoms with Gasteiger partial charge in [0.2, 0.25) is 0 Å². The third-order valence-electron chi connectivity index (χ3n) is 3.05. The molecule has 0 spiro atoms. The number of rotatable bonds is 4. The first-order chi connectivity index (χ1) is 10.0. The number of nitrogens with zero attached hydrogens (tertiary/aromatic N) is 1. The highest BCUT2D eigenvalue weighted by molar-refractivity contribution is 6.33. The van der Waals surface area contributed by atoms with Gasteiger partial charge in [0.1, 0.15) is 0 Å². The normalized spacial score (nSPS) is 11.5. The molecule has 110 valence electrons. The van der Waals surface area contributed by atoms with Crippen molar-refractivity contribution in [2.45, 2.75) is 13.5 Å². The highest BCUT2D eigenvalue weighted by atomic mass is 35.5. The van der Waals surface area contributed by atoms with Crippen molar-refractivity contribution in [2.75, 3.05) is 5.32 Å². The summed E-state index contributed by atoms with van der Waals surface area (Å²) in [6.45, 7) is 2.51. The highest BCUT2D eigenvalue weighted by Crippen LogP contribution is 2.25. The van der Waals surface area contributed by atoms with Crippen LogP contribution in [0.25, 0.3) is 0 Å². The van der Waals surface area contributed by atoms with Crippen LogP contribution in [0.4, 0.5) is 5.69 Å². The number of oxime groups is 1. The van der Waals surface area contributed by atoms with E-state index in [4.69, 9.17) is 34.1 Å². The molecule has 0 aliphatic rings. The second-order valence-corrected chi connectivity index (χ2v) is 5.44. The molecular weight excluding hydrogens is 309 g/mol. The van der Waals surface area contributed by atoms with Gasteiger partial charge in [0, 0.05) is 17.1 Å². The van der Waals surface area contributed by atoms with Crippen LogP contribution in [0, 0.1) is 6.92 Å². The number of anilines is 1. The van der Waals surface area contributed by atoms with Gasteiger partial charge < -0.3 is 16.3 Å². The van der Waals surface area contributed by atoms with Crippen LogP contribution in [0.3, 0.4) is 0 Å². The van der Waals surface area contributed by atoms with E-state index in [0.717, 1.165) is 16.8 Å². The molecular formula is C15H15Cl2N3O. The molecule has 21 heavy (non-hydrogen) atoms. The number of hydrogen-bond donors (Lipinski definition) is 3. The van der Waals surface area contributed by atoms with E-state index in [1.165, 1.54) is 0 Å². The third kappa shape index (κ3) is 3.80. The minimum atomic E-state index is 0.0259. The Morgan fingerprint density at radius 3 is 2.57 bits per heavy atom. The molecule has 0 saturated carbocycles. The monoisotopic (exact) mass is 323 g/mol. The van der Waals surface area contributed by atoms with Gasteiger partial charge in [0.15, 0.2) is 5.84 Å². The summed E-state index contributed by atoms with van der Waals surface area (Å²) in [4.78, 5) is 0. The summed E-state index contributed by atoms with van der Waals surface area (Å²) in [7, 11) is 0. The number of nitrogens with one attached hydrogen (secondary N) is 1. The van der Waals surface area contributed by atoms with Gasteiger partial charge in [-0.2, -0.15) is 0 Å². The molecule has 4 nitrogen and oxygen atoms in total. The molecule has 0 heterocycles. The Balaban J connectivity index is 2.13. The molecule has 4 N–H and O–H groups in total. The second-order valence-electron chi connectivity index (χ2n) is 4.63. The molecule has 0 fully saturated rings.